The number of hydrogen-bond donors (Lipinski definition) is 1. The van der Waals surface area contributed by atoms with Crippen molar-refractivity contribution in [1.29, 1.82) is 0 Å². The third-order valence-corrected chi connectivity index (χ3v) is 2.45. The monoisotopic (exact) mass is 186 g/mol. The van der Waals surface area contributed by atoms with Crippen molar-refractivity contribution in [3.63, 3.8) is 0 Å². The van der Waals surface area contributed by atoms with Gasteiger partial charge in [0.15, 0.2) is 0 Å². The molecule has 0 aliphatic rings. The summed E-state index contributed by atoms with van der Waals surface area (Å²) in [6.07, 6.45) is 1.29. The van der Waals surface area contributed by atoms with E-state index in [0.29, 0.717) is 5.56 Å². The first kappa shape index (κ1) is 9.55. The lowest BCUT2D eigenvalue weighted by Crippen LogP contribution is -1.94. The topological polar surface area (TPSA) is 20.2 Å². The molecule has 0 saturated heterocycles. The Kier molecular flexibility index (Phi) is 3.12. The maximum absolute atomic E-state index is 12.7. The molecule has 0 spiro atoms. The average molecular weight is 186 g/mol. The molecule has 0 aliphatic heterocycles. The van der Waals surface area contributed by atoms with Crippen molar-refractivity contribution >= 4 is 11.8 Å². The van der Waals surface area contributed by atoms with Crippen LogP contribution in [-0.4, -0.2) is 11.4 Å². The predicted molar refractivity (Wildman–Crippen MR) is 48.8 cm³/mol. The van der Waals surface area contributed by atoms with Gasteiger partial charge in [0.05, 0.1) is 6.10 Å². The molecule has 1 nitrogen and oxygen atoms in total. The molecule has 1 N–H and O–H groups in total. The summed E-state index contributed by atoms with van der Waals surface area (Å²) >= 11 is 1.51. The third-order valence-electron chi connectivity index (χ3n) is 1.64. The van der Waals surface area contributed by atoms with E-state index < -0.39 is 6.10 Å². The van der Waals surface area contributed by atoms with Gasteiger partial charge in [0.2, 0.25) is 0 Å². The summed E-state index contributed by atoms with van der Waals surface area (Å²) in [5.74, 6) is -0.302. The van der Waals surface area contributed by atoms with Gasteiger partial charge in [-0.25, -0.2) is 4.39 Å². The summed E-state index contributed by atoms with van der Waals surface area (Å²) in [6, 6.07) is 4.45. The first-order valence-corrected chi connectivity index (χ1v) is 4.89. The number of aliphatic hydroxyl groups is 1. The van der Waals surface area contributed by atoms with Crippen molar-refractivity contribution in [3.05, 3.63) is 29.6 Å². The number of benzene rings is 1. The largest absolute Gasteiger partial charge is 0.389 e. The Balaban J connectivity index is 3.12. The summed E-state index contributed by atoms with van der Waals surface area (Å²) in [4.78, 5) is 0.923. The van der Waals surface area contributed by atoms with Crippen LogP contribution in [0.2, 0.25) is 0 Å². The molecule has 1 rings (SSSR count). The molecule has 0 radical (unpaired) electrons. The van der Waals surface area contributed by atoms with Gasteiger partial charge in [-0.3, -0.25) is 0 Å². The number of aliphatic hydroxyl groups excluding tert-OH is 1. The van der Waals surface area contributed by atoms with Gasteiger partial charge in [0.25, 0.3) is 0 Å². The van der Waals surface area contributed by atoms with E-state index in [1.807, 2.05) is 6.26 Å². The normalized spacial score (nSPS) is 13.0. The van der Waals surface area contributed by atoms with Crippen molar-refractivity contribution in [2.75, 3.05) is 6.26 Å². The number of rotatable bonds is 2. The first-order chi connectivity index (χ1) is 5.65. The molecule has 0 aromatic heterocycles. The van der Waals surface area contributed by atoms with E-state index in [4.69, 9.17) is 0 Å². The van der Waals surface area contributed by atoms with Crippen LogP contribution in [0.1, 0.15) is 18.6 Å². The van der Waals surface area contributed by atoms with E-state index in [-0.39, 0.29) is 5.82 Å². The molecule has 0 aliphatic carbocycles. The van der Waals surface area contributed by atoms with Crippen LogP contribution in [-0.2, 0) is 0 Å². The molecule has 0 amide bonds. The van der Waals surface area contributed by atoms with Gasteiger partial charge in [0, 0.05) is 4.90 Å². The van der Waals surface area contributed by atoms with E-state index in [1.165, 1.54) is 23.9 Å². The zero-order chi connectivity index (χ0) is 9.14. The molecule has 0 unspecified atom stereocenters. The second kappa shape index (κ2) is 3.92. The fourth-order valence-corrected chi connectivity index (χ4v) is 1.70. The summed E-state index contributed by atoms with van der Waals surface area (Å²) in [5, 5.41) is 9.28. The molecule has 1 atom stereocenters. The first-order valence-electron chi connectivity index (χ1n) is 3.66. The van der Waals surface area contributed by atoms with Crippen LogP contribution in [0.15, 0.2) is 23.1 Å². The van der Waals surface area contributed by atoms with Gasteiger partial charge < -0.3 is 5.11 Å². The molecule has 0 fully saturated rings. The van der Waals surface area contributed by atoms with Crippen LogP contribution >= 0.6 is 11.8 Å². The predicted octanol–water partition coefficient (Wildman–Crippen LogP) is 2.60. The Morgan fingerprint density at radius 2 is 2.17 bits per heavy atom. The van der Waals surface area contributed by atoms with E-state index >= 15 is 0 Å². The number of halogens is 1. The smallest absolute Gasteiger partial charge is 0.123 e. The summed E-state index contributed by atoms with van der Waals surface area (Å²) in [5.41, 5.74) is 0.655. The Bertz CT molecular complexity index is 273. The minimum Gasteiger partial charge on any atom is -0.389 e. The zero-order valence-corrected chi connectivity index (χ0v) is 7.86. The van der Waals surface area contributed by atoms with Crippen LogP contribution in [0.3, 0.4) is 0 Å². The quantitative estimate of drug-likeness (QED) is 0.716. The average Bonchev–Trinajstić information content (AvgIpc) is 2.04. The SMILES string of the molecule is CSc1ccc(F)cc1[C@@H](C)O. The van der Waals surface area contributed by atoms with Crippen molar-refractivity contribution in [2.24, 2.45) is 0 Å². The minimum atomic E-state index is -0.608. The molecule has 3 heteroatoms. The van der Waals surface area contributed by atoms with Crippen LogP contribution < -0.4 is 0 Å². The Morgan fingerprint density at radius 3 is 2.67 bits per heavy atom. The van der Waals surface area contributed by atoms with Crippen molar-refractivity contribution < 1.29 is 9.50 Å². The summed E-state index contributed by atoms with van der Waals surface area (Å²) in [6.45, 7) is 1.63. The van der Waals surface area contributed by atoms with E-state index in [0.717, 1.165) is 4.90 Å². The molecular formula is C9H11FOS. The van der Waals surface area contributed by atoms with Gasteiger partial charge >= 0.3 is 0 Å². The number of hydrogen-bond acceptors (Lipinski definition) is 2. The standard InChI is InChI=1S/C9H11FOS/c1-6(11)8-5-7(10)3-4-9(8)12-2/h3-6,11H,1-2H3/t6-/m1/s1. The van der Waals surface area contributed by atoms with Crippen LogP contribution in [0.5, 0.6) is 0 Å². The highest BCUT2D eigenvalue weighted by Crippen LogP contribution is 2.26. The second-order valence-electron chi connectivity index (χ2n) is 2.56. The number of thioether (sulfide) groups is 1. The molecule has 1 aromatic rings. The highest BCUT2D eigenvalue weighted by atomic mass is 32.2. The van der Waals surface area contributed by atoms with Gasteiger partial charge in [-0.2, -0.15) is 0 Å². The molecule has 0 bridgehead atoms. The Labute approximate surface area is 75.6 Å². The van der Waals surface area contributed by atoms with Crippen molar-refractivity contribution in [2.45, 2.75) is 17.9 Å². The van der Waals surface area contributed by atoms with Gasteiger partial charge in [-0.1, -0.05) is 0 Å². The Hall–Kier alpha value is -0.540. The summed E-state index contributed by atoms with van der Waals surface area (Å²) in [7, 11) is 0. The maximum atomic E-state index is 12.7. The van der Waals surface area contributed by atoms with E-state index in [9.17, 15) is 9.50 Å². The van der Waals surface area contributed by atoms with Crippen molar-refractivity contribution in [1.82, 2.24) is 0 Å². The molecule has 12 heavy (non-hydrogen) atoms. The minimum absolute atomic E-state index is 0.302. The highest BCUT2D eigenvalue weighted by Gasteiger charge is 2.07. The van der Waals surface area contributed by atoms with Crippen molar-refractivity contribution in [3.8, 4) is 0 Å². The van der Waals surface area contributed by atoms with Gasteiger partial charge in [-0.15, -0.1) is 11.8 Å². The Morgan fingerprint density at radius 1 is 1.50 bits per heavy atom. The lowest BCUT2D eigenvalue weighted by molar-refractivity contribution is 0.196. The third kappa shape index (κ3) is 1.99. The molecule has 1 aromatic carbocycles. The maximum Gasteiger partial charge on any atom is 0.123 e. The van der Waals surface area contributed by atoms with Crippen LogP contribution in [0, 0.1) is 5.82 Å². The highest BCUT2D eigenvalue weighted by molar-refractivity contribution is 7.98. The molecule has 0 saturated carbocycles. The summed E-state index contributed by atoms with van der Waals surface area (Å²) < 4.78 is 12.7. The van der Waals surface area contributed by atoms with E-state index in [1.54, 1.807) is 13.0 Å². The molecule has 66 valence electrons. The van der Waals surface area contributed by atoms with E-state index in [2.05, 4.69) is 0 Å². The fraction of sp³-hybridized carbons (Fsp3) is 0.333. The lowest BCUT2D eigenvalue weighted by atomic mass is 10.1. The molecule has 0 heterocycles. The molecular weight excluding hydrogens is 175 g/mol. The lowest BCUT2D eigenvalue weighted by Gasteiger charge is -2.09. The van der Waals surface area contributed by atoms with Gasteiger partial charge in [-0.05, 0) is 36.9 Å². The van der Waals surface area contributed by atoms with Crippen LogP contribution in [0.25, 0.3) is 0 Å². The fourth-order valence-electron chi connectivity index (χ4n) is 1.03. The zero-order valence-electron chi connectivity index (χ0n) is 7.04. The van der Waals surface area contributed by atoms with Crippen LogP contribution in [0.4, 0.5) is 4.39 Å². The van der Waals surface area contributed by atoms with Gasteiger partial charge in [0.1, 0.15) is 5.82 Å². The second-order valence-corrected chi connectivity index (χ2v) is 3.41.